The number of methoxy groups -OCH3 is 1. The largest absolute Gasteiger partial charge is 0.480 e. The molecule has 6 nitrogen and oxygen atoms in total. The Morgan fingerprint density at radius 2 is 2.10 bits per heavy atom. The van der Waals surface area contributed by atoms with Gasteiger partial charge in [0.1, 0.15) is 11.5 Å². The summed E-state index contributed by atoms with van der Waals surface area (Å²) >= 11 is 6.12. The second-order valence-corrected chi connectivity index (χ2v) is 9.41. The van der Waals surface area contributed by atoms with E-state index in [0.29, 0.717) is 54.7 Å². The van der Waals surface area contributed by atoms with E-state index in [4.69, 9.17) is 22.1 Å². The van der Waals surface area contributed by atoms with Crippen LogP contribution >= 0.6 is 11.6 Å². The summed E-state index contributed by atoms with van der Waals surface area (Å²) in [5.41, 5.74) is 6.35. The van der Waals surface area contributed by atoms with E-state index < -0.39 is 17.0 Å². The second-order valence-electron chi connectivity index (χ2n) is 8.97. The van der Waals surface area contributed by atoms with E-state index >= 15 is 0 Å². The van der Waals surface area contributed by atoms with Crippen molar-refractivity contribution in [1.29, 1.82) is 0 Å². The lowest BCUT2D eigenvalue weighted by atomic mass is 9.47. The van der Waals surface area contributed by atoms with Crippen molar-refractivity contribution in [2.75, 3.05) is 25.1 Å². The molecule has 2 aromatic rings. The van der Waals surface area contributed by atoms with Gasteiger partial charge in [0, 0.05) is 55.2 Å². The number of hydrogen-bond donors (Lipinski definition) is 2. The number of amides is 1. The minimum absolute atomic E-state index is 0.0527. The highest BCUT2D eigenvalue weighted by atomic mass is 35.5. The maximum atomic E-state index is 14.2. The van der Waals surface area contributed by atoms with Crippen molar-refractivity contribution in [3.05, 3.63) is 40.8 Å². The molecule has 1 aromatic heterocycles. The van der Waals surface area contributed by atoms with E-state index in [1.807, 2.05) is 4.90 Å². The third-order valence-electron chi connectivity index (χ3n) is 6.49. The predicted octanol–water partition coefficient (Wildman–Crippen LogP) is 3.46. The van der Waals surface area contributed by atoms with E-state index in [-0.39, 0.29) is 22.9 Å². The van der Waals surface area contributed by atoms with E-state index in [2.05, 4.69) is 10.3 Å². The van der Waals surface area contributed by atoms with Gasteiger partial charge in [-0.05, 0) is 30.2 Å². The fraction of sp³-hybridized carbons (Fsp3) is 0.455. The number of pyridine rings is 1. The number of nitrogens with one attached hydrogen (secondary N) is 1. The van der Waals surface area contributed by atoms with Gasteiger partial charge in [-0.25, -0.2) is 13.8 Å². The van der Waals surface area contributed by atoms with Gasteiger partial charge in [0.05, 0.1) is 23.9 Å². The summed E-state index contributed by atoms with van der Waals surface area (Å²) in [5.74, 6) is -0.594. The van der Waals surface area contributed by atoms with Crippen molar-refractivity contribution in [3.8, 4) is 17.0 Å². The number of hydrogen-bond acceptors (Lipinski definition) is 5. The molecule has 2 bridgehead atoms. The van der Waals surface area contributed by atoms with Crippen LogP contribution in [0.2, 0.25) is 5.02 Å². The molecule has 6 rings (SSSR count). The molecule has 1 aliphatic heterocycles. The third-order valence-corrected chi connectivity index (χ3v) is 6.71. The average Bonchev–Trinajstić information content (AvgIpc) is 3.09. The van der Waals surface area contributed by atoms with Crippen LogP contribution in [0.15, 0.2) is 24.4 Å². The van der Waals surface area contributed by atoms with Crippen LogP contribution < -0.4 is 20.7 Å². The molecule has 1 saturated heterocycles. The number of nitrogens with zero attached hydrogens (tertiary/aromatic N) is 2. The maximum Gasteiger partial charge on any atom is 0.255 e. The lowest BCUT2D eigenvalue weighted by Crippen LogP contribution is -2.76. The molecule has 3 aliphatic carbocycles. The summed E-state index contributed by atoms with van der Waals surface area (Å²) in [7, 11) is 1.47. The van der Waals surface area contributed by atoms with Crippen LogP contribution in [0.3, 0.4) is 0 Å². The number of carbonyl (C=O) groups excluding carboxylic acids is 1. The minimum atomic E-state index is -1.13. The zero-order valence-electron chi connectivity index (χ0n) is 17.1. The van der Waals surface area contributed by atoms with Crippen molar-refractivity contribution in [2.45, 2.75) is 42.9 Å². The Balaban J connectivity index is 1.63. The first-order chi connectivity index (χ1) is 14.7. The summed E-state index contributed by atoms with van der Waals surface area (Å²) in [5, 5.41) is 3.22. The molecular weight excluding hydrogens is 426 g/mol. The van der Waals surface area contributed by atoms with Gasteiger partial charge < -0.3 is 20.7 Å². The van der Waals surface area contributed by atoms with Crippen LogP contribution in [-0.2, 0) is 0 Å². The van der Waals surface area contributed by atoms with Crippen LogP contribution in [0.1, 0.15) is 36.0 Å². The fourth-order valence-electron chi connectivity index (χ4n) is 5.19. The number of benzene rings is 1. The molecule has 2 heterocycles. The lowest BCUT2D eigenvalue weighted by Gasteiger charge is -2.65. The van der Waals surface area contributed by atoms with Gasteiger partial charge in [-0.2, -0.15) is 0 Å². The first-order valence-electron chi connectivity index (χ1n) is 10.3. The highest BCUT2D eigenvalue weighted by Gasteiger charge is 2.70. The Kier molecular flexibility index (Phi) is 4.64. The SMILES string of the molecule is COc1ncc(C(=O)NC23CC(F)(C2)C3)c(N2CC[C@H](N)C2)c1-c1cc(F)cc(Cl)c1. The molecule has 1 amide bonds. The summed E-state index contributed by atoms with van der Waals surface area (Å²) in [6.07, 6.45) is 3.22. The Morgan fingerprint density at radius 1 is 1.35 bits per heavy atom. The molecule has 1 aromatic carbocycles. The highest BCUT2D eigenvalue weighted by molar-refractivity contribution is 6.31. The second kappa shape index (κ2) is 7.03. The van der Waals surface area contributed by atoms with Gasteiger partial charge >= 0.3 is 0 Å². The van der Waals surface area contributed by atoms with Gasteiger partial charge in [-0.1, -0.05) is 11.6 Å². The van der Waals surface area contributed by atoms with E-state index in [1.54, 1.807) is 6.07 Å². The number of nitrogens with two attached hydrogens (primary N) is 1. The standard InChI is InChI=1S/C22H23ClF2N4O2/c1-31-20-17(12-4-13(23)6-14(24)5-12)18(29-3-2-15(26)8-29)16(7-27-20)19(30)28-22-9-21(25,10-22)11-22/h4-7,15H,2-3,8-11,26H2,1H3,(H,28,30)/t15-,21?,22?/m0/s1. The zero-order valence-corrected chi connectivity index (χ0v) is 17.8. The number of carbonyl (C=O) groups is 1. The number of halogens is 3. The fourth-order valence-corrected chi connectivity index (χ4v) is 5.41. The van der Waals surface area contributed by atoms with Gasteiger partial charge in [0.25, 0.3) is 5.91 Å². The van der Waals surface area contributed by atoms with Crippen molar-refractivity contribution >= 4 is 23.2 Å². The number of rotatable bonds is 5. The van der Waals surface area contributed by atoms with Crippen molar-refractivity contribution < 1.29 is 18.3 Å². The molecule has 1 atom stereocenters. The minimum Gasteiger partial charge on any atom is -0.480 e. The predicted molar refractivity (Wildman–Crippen MR) is 114 cm³/mol. The topological polar surface area (TPSA) is 80.5 Å². The summed E-state index contributed by atoms with van der Waals surface area (Å²) < 4.78 is 33.6. The maximum absolute atomic E-state index is 14.2. The molecule has 0 unspecified atom stereocenters. The van der Waals surface area contributed by atoms with Crippen LogP contribution in [0.4, 0.5) is 14.5 Å². The molecule has 0 spiro atoms. The first kappa shape index (κ1) is 20.5. The molecule has 9 heteroatoms. The first-order valence-corrected chi connectivity index (χ1v) is 10.6. The Morgan fingerprint density at radius 3 is 2.68 bits per heavy atom. The summed E-state index contributed by atoms with van der Waals surface area (Å²) in [4.78, 5) is 19.6. The number of alkyl halides is 1. The molecule has 0 radical (unpaired) electrons. The molecule has 3 N–H and O–H groups in total. The quantitative estimate of drug-likeness (QED) is 0.732. The molecule has 4 aliphatic rings. The highest BCUT2D eigenvalue weighted by Crippen LogP contribution is 2.63. The Labute approximate surface area is 183 Å². The van der Waals surface area contributed by atoms with E-state index in [9.17, 15) is 13.6 Å². The van der Waals surface area contributed by atoms with Gasteiger partial charge in [0.2, 0.25) is 5.88 Å². The number of anilines is 1. The van der Waals surface area contributed by atoms with Gasteiger partial charge in [-0.15, -0.1) is 0 Å². The van der Waals surface area contributed by atoms with E-state index in [0.717, 1.165) is 6.42 Å². The van der Waals surface area contributed by atoms with Gasteiger partial charge in [-0.3, -0.25) is 4.79 Å². The van der Waals surface area contributed by atoms with Crippen LogP contribution in [0.5, 0.6) is 5.88 Å². The van der Waals surface area contributed by atoms with Crippen molar-refractivity contribution in [3.63, 3.8) is 0 Å². The zero-order chi connectivity index (χ0) is 22.0. The van der Waals surface area contributed by atoms with Crippen molar-refractivity contribution in [2.24, 2.45) is 5.73 Å². The Hall–Kier alpha value is -2.45. The molecule has 4 fully saturated rings. The van der Waals surface area contributed by atoms with E-state index in [1.165, 1.54) is 25.4 Å². The number of aromatic nitrogens is 1. The third kappa shape index (κ3) is 3.42. The van der Waals surface area contributed by atoms with Crippen LogP contribution in [-0.4, -0.2) is 48.3 Å². The number of ether oxygens (including phenoxy) is 1. The monoisotopic (exact) mass is 448 g/mol. The van der Waals surface area contributed by atoms with Crippen LogP contribution in [0, 0.1) is 5.82 Å². The van der Waals surface area contributed by atoms with Crippen LogP contribution in [0.25, 0.3) is 11.1 Å². The molecule has 3 saturated carbocycles. The van der Waals surface area contributed by atoms with Gasteiger partial charge in [0.15, 0.2) is 0 Å². The molecule has 31 heavy (non-hydrogen) atoms. The normalized spacial score (nSPS) is 28.7. The lowest BCUT2D eigenvalue weighted by molar-refractivity contribution is -0.162. The molecular formula is C22H23ClF2N4O2. The smallest absolute Gasteiger partial charge is 0.255 e. The molecule has 164 valence electrons. The Bertz CT molecular complexity index is 1040. The summed E-state index contributed by atoms with van der Waals surface area (Å²) in [6, 6.07) is 4.10. The van der Waals surface area contributed by atoms with Crippen molar-refractivity contribution in [1.82, 2.24) is 10.3 Å². The summed E-state index contributed by atoms with van der Waals surface area (Å²) in [6.45, 7) is 1.16. The average molecular weight is 449 g/mol.